The Labute approximate surface area is 96.1 Å². The lowest BCUT2D eigenvalue weighted by Gasteiger charge is -2.35. The van der Waals surface area contributed by atoms with E-state index in [-0.39, 0.29) is 17.7 Å². The molecule has 1 aliphatic rings. The van der Waals surface area contributed by atoms with Crippen molar-refractivity contribution < 1.29 is 10.0 Å². The Bertz CT molecular complexity index is 281. The van der Waals surface area contributed by atoms with Gasteiger partial charge in [-0.15, -0.1) is 0 Å². The maximum atomic E-state index is 11.9. The number of nitrogens with one attached hydrogen (secondary N) is 1. The van der Waals surface area contributed by atoms with Crippen LogP contribution in [0.15, 0.2) is 5.16 Å². The summed E-state index contributed by atoms with van der Waals surface area (Å²) in [6.45, 7) is 3.84. The maximum Gasteiger partial charge on any atom is 0.223 e. The SMILES string of the molecule is CCC(CC)(NC(=O)C1CCC1)/C(N)=N/O. The highest BCUT2D eigenvalue weighted by atomic mass is 16.4. The minimum atomic E-state index is -0.693. The van der Waals surface area contributed by atoms with Crippen LogP contribution < -0.4 is 11.1 Å². The fourth-order valence-electron chi connectivity index (χ4n) is 1.96. The molecule has 0 saturated heterocycles. The Morgan fingerprint density at radius 3 is 2.38 bits per heavy atom. The maximum absolute atomic E-state index is 11.9. The summed E-state index contributed by atoms with van der Waals surface area (Å²) < 4.78 is 0. The van der Waals surface area contributed by atoms with Gasteiger partial charge in [0, 0.05) is 5.92 Å². The molecule has 1 fully saturated rings. The number of carbonyl (C=O) groups excluding carboxylic acids is 1. The van der Waals surface area contributed by atoms with E-state index < -0.39 is 5.54 Å². The van der Waals surface area contributed by atoms with E-state index in [4.69, 9.17) is 10.9 Å². The molecule has 1 aliphatic carbocycles. The largest absolute Gasteiger partial charge is 0.409 e. The van der Waals surface area contributed by atoms with Crippen LogP contribution in [0.2, 0.25) is 0 Å². The summed E-state index contributed by atoms with van der Waals surface area (Å²) in [4.78, 5) is 11.9. The van der Waals surface area contributed by atoms with Gasteiger partial charge in [-0.1, -0.05) is 25.4 Å². The minimum Gasteiger partial charge on any atom is -0.409 e. The van der Waals surface area contributed by atoms with Crippen LogP contribution >= 0.6 is 0 Å². The highest BCUT2D eigenvalue weighted by Gasteiger charge is 2.36. The Morgan fingerprint density at radius 1 is 1.50 bits per heavy atom. The van der Waals surface area contributed by atoms with Crippen molar-refractivity contribution in [2.75, 3.05) is 0 Å². The number of hydrogen-bond donors (Lipinski definition) is 3. The predicted molar refractivity (Wildman–Crippen MR) is 62.2 cm³/mol. The summed E-state index contributed by atoms with van der Waals surface area (Å²) in [7, 11) is 0. The first-order valence-electron chi connectivity index (χ1n) is 5.89. The third-order valence-electron chi connectivity index (χ3n) is 3.64. The van der Waals surface area contributed by atoms with Gasteiger partial charge >= 0.3 is 0 Å². The summed E-state index contributed by atoms with van der Waals surface area (Å²) in [5.74, 6) is 0.232. The van der Waals surface area contributed by atoms with Crippen LogP contribution in [0.1, 0.15) is 46.0 Å². The van der Waals surface area contributed by atoms with Crippen molar-refractivity contribution in [2.24, 2.45) is 16.8 Å². The van der Waals surface area contributed by atoms with Crippen molar-refractivity contribution >= 4 is 11.7 Å². The molecule has 0 aromatic rings. The molecule has 1 saturated carbocycles. The average molecular weight is 227 g/mol. The van der Waals surface area contributed by atoms with Crippen LogP contribution in [-0.2, 0) is 4.79 Å². The molecule has 0 heterocycles. The molecule has 4 N–H and O–H groups in total. The van der Waals surface area contributed by atoms with Gasteiger partial charge in [-0.2, -0.15) is 0 Å². The second-order valence-electron chi connectivity index (χ2n) is 4.39. The Morgan fingerprint density at radius 2 is 2.06 bits per heavy atom. The van der Waals surface area contributed by atoms with Crippen LogP contribution in [0.4, 0.5) is 0 Å². The molecular weight excluding hydrogens is 206 g/mol. The van der Waals surface area contributed by atoms with Gasteiger partial charge in [-0.25, -0.2) is 0 Å². The second-order valence-corrected chi connectivity index (χ2v) is 4.39. The molecule has 0 aromatic carbocycles. The van der Waals surface area contributed by atoms with E-state index in [9.17, 15) is 4.79 Å². The fourth-order valence-corrected chi connectivity index (χ4v) is 1.96. The van der Waals surface area contributed by atoms with E-state index in [0.717, 1.165) is 19.3 Å². The normalized spacial score (nSPS) is 18.0. The standard InChI is InChI=1S/C11H21N3O2/c1-3-11(4-2,10(12)14-16)13-9(15)8-6-5-7-8/h8,16H,3-7H2,1-2H3,(H2,12,14)(H,13,15). The molecule has 0 unspecified atom stereocenters. The Hall–Kier alpha value is -1.26. The van der Waals surface area contributed by atoms with E-state index in [1.54, 1.807) is 0 Å². The van der Waals surface area contributed by atoms with Gasteiger partial charge in [0.15, 0.2) is 5.84 Å². The van der Waals surface area contributed by atoms with Crippen LogP contribution in [0.25, 0.3) is 0 Å². The Kier molecular flexibility index (Phi) is 4.15. The van der Waals surface area contributed by atoms with Crippen molar-refractivity contribution in [2.45, 2.75) is 51.5 Å². The lowest BCUT2D eigenvalue weighted by Crippen LogP contribution is -2.58. The molecule has 0 spiro atoms. The molecule has 1 rings (SSSR count). The lowest BCUT2D eigenvalue weighted by molar-refractivity contribution is -0.128. The number of amidine groups is 1. The van der Waals surface area contributed by atoms with Crippen LogP contribution in [0.3, 0.4) is 0 Å². The quantitative estimate of drug-likeness (QED) is 0.285. The zero-order valence-corrected chi connectivity index (χ0v) is 9.99. The van der Waals surface area contributed by atoms with Crippen molar-refractivity contribution in [3.05, 3.63) is 0 Å². The van der Waals surface area contributed by atoms with Gasteiger partial charge in [0.2, 0.25) is 5.91 Å². The van der Waals surface area contributed by atoms with E-state index in [2.05, 4.69) is 10.5 Å². The number of nitrogens with two attached hydrogens (primary N) is 1. The zero-order valence-electron chi connectivity index (χ0n) is 9.99. The minimum absolute atomic E-state index is 0.0292. The highest BCUT2D eigenvalue weighted by Crippen LogP contribution is 2.28. The molecule has 0 aliphatic heterocycles. The number of rotatable bonds is 5. The summed E-state index contributed by atoms with van der Waals surface area (Å²) in [5, 5.41) is 14.7. The second kappa shape index (κ2) is 5.18. The monoisotopic (exact) mass is 227 g/mol. The van der Waals surface area contributed by atoms with Crippen molar-refractivity contribution in [1.82, 2.24) is 5.32 Å². The molecule has 0 radical (unpaired) electrons. The number of hydrogen-bond acceptors (Lipinski definition) is 3. The summed E-state index contributed by atoms with van der Waals surface area (Å²) >= 11 is 0. The van der Waals surface area contributed by atoms with E-state index in [0.29, 0.717) is 12.8 Å². The molecule has 5 heteroatoms. The highest BCUT2D eigenvalue weighted by molar-refractivity contribution is 5.94. The first-order chi connectivity index (χ1) is 7.59. The zero-order chi connectivity index (χ0) is 12.2. The van der Waals surface area contributed by atoms with Gasteiger partial charge in [0.1, 0.15) is 5.54 Å². The van der Waals surface area contributed by atoms with Gasteiger partial charge in [0.05, 0.1) is 0 Å². The van der Waals surface area contributed by atoms with Crippen LogP contribution in [0, 0.1) is 5.92 Å². The predicted octanol–water partition coefficient (Wildman–Crippen LogP) is 1.21. The number of carbonyl (C=O) groups is 1. The average Bonchev–Trinajstić information content (AvgIpc) is 2.22. The fraction of sp³-hybridized carbons (Fsp3) is 0.818. The van der Waals surface area contributed by atoms with Gasteiger partial charge in [0.25, 0.3) is 0 Å². The van der Waals surface area contributed by atoms with Crippen molar-refractivity contribution in [1.29, 1.82) is 0 Å². The van der Waals surface area contributed by atoms with Gasteiger partial charge in [-0.3, -0.25) is 4.79 Å². The first-order valence-corrected chi connectivity index (χ1v) is 5.89. The molecule has 92 valence electrons. The number of amides is 1. The molecular formula is C11H21N3O2. The van der Waals surface area contributed by atoms with Gasteiger partial charge < -0.3 is 16.3 Å². The molecule has 1 amide bonds. The first kappa shape index (κ1) is 12.8. The van der Waals surface area contributed by atoms with Crippen molar-refractivity contribution in [3.63, 3.8) is 0 Å². The Balaban J connectivity index is 2.73. The third kappa shape index (κ3) is 2.28. The van der Waals surface area contributed by atoms with E-state index >= 15 is 0 Å². The molecule has 0 bridgehead atoms. The summed E-state index contributed by atoms with van der Waals surface area (Å²) in [6.07, 6.45) is 4.26. The topological polar surface area (TPSA) is 87.7 Å². The summed E-state index contributed by atoms with van der Waals surface area (Å²) in [5.41, 5.74) is 4.97. The van der Waals surface area contributed by atoms with Crippen LogP contribution in [-0.4, -0.2) is 22.5 Å². The van der Waals surface area contributed by atoms with Crippen molar-refractivity contribution in [3.8, 4) is 0 Å². The molecule has 0 atom stereocenters. The lowest BCUT2D eigenvalue weighted by atomic mass is 9.83. The van der Waals surface area contributed by atoms with Crippen LogP contribution in [0.5, 0.6) is 0 Å². The number of nitrogens with zero attached hydrogens (tertiary/aromatic N) is 1. The van der Waals surface area contributed by atoms with E-state index in [1.807, 2.05) is 13.8 Å². The summed E-state index contributed by atoms with van der Waals surface area (Å²) in [6, 6.07) is 0. The van der Waals surface area contributed by atoms with Gasteiger partial charge in [-0.05, 0) is 25.7 Å². The molecule has 0 aromatic heterocycles. The van der Waals surface area contributed by atoms with E-state index in [1.165, 1.54) is 0 Å². The smallest absolute Gasteiger partial charge is 0.223 e. The molecule has 5 nitrogen and oxygen atoms in total. The molecule has 16 heavy (non-hydrogen) atoms. The third-order valence-corrected chi connectivity index (χ3v) is 3.64. The number of oxime groups is 1.